The van der Waals surface area contributed by atoms with Crippen LogP contribution < -0.4 is 0 Å². The van der Waals surface area contributed by atoms with Crippen LogP contribution in [0.4, 0.5) is 0 Å². The molecule has 1 aliphatic rings. The molecule has 0 spiro atoms. The summed E-state index contributed by atoms with van der Waals surface area (Å²) in [5.74, 6) is 0. The van der Waals surface area contributed by atoms with Crippen molar-refractivity contribution in [3.05, 3.63) is 55.5 Å². The van der Waals surface area contributed by atoms with Gasteiger partial charge in [-0.25, -0.2) is 5.20 Å². The summed E-state index contributed by atoms with van der Waals surface area (Å²) in [6.07, 6.45) is 6.32. The van der Waals surface area contributed by atoms with Crippen molar-refractivity contribution in [2.75, 3.05) is 21.3 Å². The molecular weight excluding hydrogens is 539 g/mol. The van der Waals surface area contributed by atoms with E-state index < -0.39 is 16.9 Å². The Kier molecular flexibility index (Phi) is 24.1. The molecule has 0 bridgehead atoms. The molecule has 0 aromatic rings. The van der Waals surface area contributed by atoms with Crippen molar-refractivity contribution in [2.24, 2.45) is 0 Å². The van der Waals surface area contributed by atoms with Gasteiger partial charge in [-0.3, -0.25) is 6.08 Å². The number of hydrogen-bond acceptors (Lipinski definition) is 3. The van der Waals surface area contributed by atoms with Gasteiger partial charge in [0, 0.05) is 29.4 Å². The fourth-order valence-electron chi connectivity index (χ4n) is 2.76. The van der Waals surface area contributed by atoms with E-state index in [1.165, 1.54) is 10.8 Å². The van der Waals surface area contributed by atoms with Crippen molar-refractivity contribution in [1.29, 1.82) is 0 Å². The summed E-state index contributed by atoms with van der Waals surface area (Å²) in [4.78, 5) is 0. The van der Waals surface area contributed by atoms with Gasteiger partial charge in [0.1, 0.15) is 0 Å². The molecule has 0 unspecified atom stereocenters. The molecular formula is C20H40O3PtSi2. The van der Waals surface area contributed by atoms with E-state index in [0.717, 1.165) is 17.7 Å². The molecule has 0 N–H and O–H groups in total. The smallest absolute Gasteiger partial charge is 0.374 e. The van der Waals surface area contributed by atoms with Gasteiger partial charge in [0.25, 0.3) is 0 Å². The fraction of sp³-hybridized carbons (Fsp3) is 0.550. The molecule has 0 saturated carbocycles. The van der Waals surface area contributed by atoms with Crippen molar-refractivity contribution in [2.45, 2.75) is 53.3 Å². The minimum Gasteiger partial charge on any atom is -0.374 e. The summed E-state index contributed by atoms with van der Waals surface area (Å²) in [7, 11) is 0.764. The second-order valence-electron chi connectivity index (χ2n) is 5.38. The maximum Gasteiger partial charge on any atom is 4.00 e. The molecule has 26 heavy (non-hydrogen) atoms. The maximum absolute atomic E-state index is 5.59. The molecule has 0 radical (unpaired) electrons. The third kappa shape index (κ3) is 8.94. The normalized spacial score (nSPS) is 13.0. The summed E-state index contributed by atoms with van der Waals surface area (Å²) in [6, 6.07) is 1.06. The van der Waals surface area contributed by atoms with Gasteiger partial charge in [-0.15, -0.1) is 19.9 Å². The van der Waals surface area contributed by atoms with E-state index >= 15 is 0 Å². The molecule has 0 saturated heterocycles. The predicted octanol–water partition coefficient (Wildman–Crippen LogP) is 5.81. The van der Waals surface area contributed by atoms with Gasteiger partial charge < -0.3 is 34.0 Å². The van der Waals surface area contributed by atoms with Gasteiger partial charge >= 0.3 is 29.9 Å². The minimum absolute atomic E-state index is 0. The third-order valence-electron chi connectivity index (χ3n) is 3.78. The van der Waals surface area contributed by atoms with Gasteiger partial charge in [0.05, 0.1) is 0 Å². The van der Waals surface area contributed by atoms with E-state index in [-0.39, 0.29) is 21.1 Å². The predicted molar refractivity (Wildman–Crippen MR) is 116 cm³/mol. The Hall–Kier alpha value is 0.222. The van der Waals surface area contributed by atoms with Crippen LogP contribution >= 0.6 is 0 Å². The molecule has 156 valence electrons. The monoisotopic (exact) mass is 579 g/mol. The Morgan fingerprint density at radius 1 is 1.00 bits per heavy atom. The third-order valence-corrected chi connectivity index (χ3v) is 9.89. The van der Waals surface area contributed by atoms with E-state index in [4.69, 9.17) is 13.3 Å². The van der Waals surface area contributed by atoms with Crippen LogP contribution in [0, 0.1) is 26.8 Å². The summed E-state index contributed by atoms with van der Waals surface area (Å²) in [5, 5.41) is 2.52. The van der Waals surface area contributed by atoms with E-state index in [1.54, 1.807) is 42.1 Å². The Balaban J connectivity index is -0.000000312. The Morgan fingerprint density at radius 2 is 1.38 bits per heavy atom. The molecule has 0 aromatic carbocycles. The van der Waals surface area contributed by atoms with E-state index in [2.05, 4.69) is 53.4 Å². The maximum atomic E-state index is 5.59. The van der Waals surface area contributed by atoms with Gasteiger partial charge in [0.15, 0.2) is 0 Å². The van der Waals surface area contributed by atoms with Gasteiger partial charge in [-0.1, -0.05) is 24.4 Å². The first-order chi connectivity index (χ1) is 11.9. The first kappa shape index (κ1) is 33.8. The van der Waals surface area contributed by atoms with Crippen molar-refractivity contribution in [1.82, 2.24) is 0 Å². The molecule has 0 fully saturated rings. The van der Waals surface area contributed by atoms with Crippen LogP contribution in [0.1, 0.15) is 34.1 Å². The second-order valence-corrected chi connectivity index (χ2v) is 13.0. The van der Waals surface area contributed by atoms with Gasteiger partial charge in [-0.2, -0.15) is 26.3 Å². The molecule has 0 heterocycles. The summed E-state index contributed by atoms with van der Waals surface area (Å²) in [5.41, 5.74) is 1.26. The minimum atomic E-state index is -2.70. The molecule has 1 aliphatic carbocycles. The van der Waals surface area contributed by atoms with Crippen LogP contribution in [-0.4, -0.2) is 38.2 Å². The van der Waals surface area contributed by atoms with Crippen molar-refractivity contribution >= 4 is 16.9 Å². The summed E-state index contributed by atoms with van der Waals surface area (Å²) in [6.45, 7) is 25.7. The average Bonchev–Trinajstić information content (AvgIpc) is 3.05. The Labute approximate surface area is 180 Å². The largest absolute Gasteiger partial charge is 4.00 e. The molecule has 0 amide bonds. The van der Waals surface area contributed by atoms with Crippen LogP contribution in [-0.2, 0) is 34.3 Å². The van der Waals surface area contributed by atoms with Crippen LogP contribution in [0.25, 0.3) is 0 Å². The quantitative estimate of drug-likeness (QED) is 0.217. The number of hydrogen-bond donors (Lipinski definition) is 0. The fourth-order valence-corrected chi connectivity index (χ4v) is 7.67. The number of rotatable bonds is 7. The standard InChI is InChI=1S/C14H25O3Si2.3C2H5.Pt/c1-8-11-18(6,7)13-9-10-14(12(13)2)19(15-3,16-4)17-5;3*1-2;/h8H,1,10-11H2,2-7H3;3*1H2,2H3;/q4*-1;+4. The van der Waals surface area contributed by atoms with Crippen LogP contribution in [0.2, 0.25) is 19.1 Å². The molecule has 1 rings (SSSR count). The summed E-state index contributed by atoms with van der Waals surface area (Å²) < 4.78 is 16.8. The summed E-state index contributed by atoms with van der Waals surface area (Å²) >= 11 is 0. The molecule has 0 aliphatic heterocycles. The zero-order chi connectivity index (χ0) is 20.7. The Morgan fingerprint density at radius 3 is 1.69 bits per heavy atom. The number of allylic oxidation sites excluding steroid dienone is 5. The molecule has 3 nitrogen and oxygen atoms in total. The SMILES string of the molecule is C=CC[Si](C)(C)C1=[C-]CC([Si](OC)(OC)OC)=C1C.[CH2-]C.[CH2-]C.[CH2-]C.[Pt+4]. The van der Waals surface area contributed by atoms with E-state index in [1.807, 2.05) is 6.08 Å². The van der Waals surface area contributed by atoms with Crippen molar-refractivity contribution in [3.63, 3.8) is 0 Å². The van der Waals surface area contributed by atoms with Crippen LogP contribution in [0.15, 0.2) is 28.6 Å². The molecule has 0 atom stereocenters. The van der Waals surface area contributed by atoms with Gasteiger partial charge in [0.2, 0.25) is 0 Å². The molecule has 6 heteroatoms. The van der Waals surface area contributed by atoms with Crippen molar-refractivity contribution < 1.29 is 34.3 Å². The van der Waals surface area contributed by atoms with Crippen molar-refractivity contribution in [3.8, 4) is 0 Å². The topological polar surface area (TPSA) is 27.7 Å². The molecule has 0 aromatic heterocycles. The first-order valence-electron chi connectivity index (χ1n) is 8.59. The van der Waals surface area contributed by atoms with Crippen LogP contribution in [0.3, 0.4) is 0 Å². The zero-order valence-corrected chi connectivity index (χ0v) is 22.6. The zero-order valence-electron chi connectivity index (χ0n) is 18.4. The van der Waals surface area contributed by atoms with Gasteiger partial charge in [-0.05, 0) is 6.04 Å². The van der Waals surface area contributed by atoms with E-state index in [9.17, 15) is 0 Å². The Bertz CT molecular complexity index is 407. The second kappa shape index (κ2) is 18.6. The first-order valence-corrected chi connectivity index (χ1v) is 13.5. The van der Waals surface area contributed by atoms with Crippen LogP contribution in [0.5, 0.6) is 0 Å². The average molecular weight is 580 g/mol. The van der Waals surface area contributed by atoms with E-state index in [0.29, 0.717) is 0 Å².